The number of hydrogen-bond acceptors (Lipinski definition) is 6. The van der Waals surface area contributed by atoms with Crippen LogP contribution in [0, 0.1) is 0 Å². The van der Waals surface area contributed by atoms with Crippen molar-refractivity contribution in [2.24, 2.45) is 4.99 Å². The Labute approximate surface area is 177 Å². The number of nitrogens with one attached hydrogen (secondary N) is 3. The van der Waals surface area contributed by atoms with Crippen LogP contribution >= 0.6 is 11.6 Å². The second kappa shape index (κ2) is 10.7. The largest absolute Gasteiger partial charge is 0.457 e. The van der Waals surface area contributed by atoms with E-state index in [-0.39, 0.29) is 11.9 Å². The van der Waals surface area contributed by atoms with Crippen LogP contribution in [0.15, 0.2) is 47.5 Å². The van der Waals surface area contributed by atoms with Crippen molar-refractivity contribution in [2.75, 3.05) is 24.9 Å². The van der Waals surface area contributed by atoms with E-state index in [2.05, 4.69) is 30.4 Å². The molecule has 0 spiro atoms. The van der Waals surface area contributed by atoms with Gasteiger partial charge in [-0.15, -0.1) is 4.99 Å². The third-order valence-electron chi connectivity index (χ3n) is 3.39. The van der Waals surface area contributed by atoms with Gasteiger partial charge in [0.25, 0.3) is 0 Å². The molecule has 2 aromatic carbocycles. The number of amides is 3. The van der Waals surface area contributed by atoms with Crippen molar-refractivity contribution in [1.29, 1.82) is 0 Å². The third-order valence-corrected chi connectivity index (χ3v) is 3.64. The van der Waals surface area contributed by atoms with E-state index in [0.29, 0.717) is 27.9 Å². The summed E-state index contributed by atoms with van der Waals surface area (Å²) < 4.78 is 14.7. The maximum absolute atomic E-state index is 11.6. The Balaban J connectivity index is 2.33. The lowest BCUT2D eigenvalue weighted by Gasteiger charge is -2.16. The van der Waals surface area contributed by atoms with Crippen molar-refractivity contribution in [2.45, 2.75) is 6.92 Å². The number of methoxy groups -OCH3 is 2. The highest BCUT2D eigenvalue weighted by Crippen LogP contribution is 2.30. The molecule has 0 saturated heterocycles. The maximum Gasteiger partial charge on any atom is 0.436 e. The second-order valence-corrected chi connectivity index (χ2v) is 6.05. The highest BCUT2D eigenvalue weighted by molar-refractivity contribution is 6.30. The van der Waals surface area contributed by atoms with Crippen molar-refractivity contribution in [1.82, 2.24) is 5.32 Å². The Morgan fingerprint density at radius 1 is 0.900 bits per heavy atom. The molecule has 158 valence electrons. The average Bonchev–Trinajstić information content (AvgIpc) is 2.70. The van der Waals surface area contributed by atoms with Crippen molar-refractivity contribution in [3.63, 3.8) is 0 Å². The number of alkyl carbamates (subject to hydrolysis) is 1. The number of ether oxygens (including phenoxy) is 3. The first-order chi connectivity index (χ1) is 14.3. The molecule has 0 bridgehead atoms. The summed E-state index contributed by atoms with van der Waals surface area (Å²) >= 11 is 5.87. The van der Waals surface area contributed by atoms with Gasteiger partial charge >= 0.3 is 12.2 Å². The first kappa shape index (κ1) is 22.5. The van der Waals surface area contributed by atoms with E-state index in [1.807, 2.05) is 0 Å². The van der Waals surface area contributed by atoms with Crippen LogP contribution in [0.1, 0.15) is 6.92 Å². The van der Waals surface area contributed by atoms with Gasteiger partial charge in [-0.25, -0.2) is 9.59 Å². The molecule has 11 heteroatoms. The van der Waals surface area contributed by atoms with Gasteiger partial charge in [-0.05, 0) is 36.4 Å². The number of carbonyl (C=O) groups excluding carboxylic acids is 3. The van der Waals surface area contributed by atoms with E-state index in [9.17, 15) is 14.4 Å². The first-order valence-electron chi connectivity index (χ1n) is 8.44. The van der Waals surface area contributed by atoms with Gasteiger partial charge in [-0.2, -0.15) is 0 Å². The monoisotopic (exact) mass is 434 g/mol. The summed E-state index contributed by atoms with van der Waals surface area (Å²) in [4.78, 5) is 38.2. The molecule has 2 aromatic rings. The third kappa shape index (κ3) is 6.99. The highest BCUT2D eigenvalue weighted by atomic mass is 35.5. The van der Waals surface area contributed by atoms with Crippen LogP contribution in [-0.2, 0) is 14.3 Å². The van der Waals surface area contributed by atoms with E-state index >= 15 is 0 Å². The molecule has 0 saturated carbocycles. The zero-order valence-electron chi connectivity index (χ0n) is 16.3. The molecule has 0 aromatic heterocycles. The number of aliphatic imine (C=N–C) groups is 1. The zero-order chi connectivity index (χ0) is 22.1. The van der Waals surface area contributed by atoms with Crippen LogP contribution in [0.4, 0.5) is 21.0 Å². The van der Waals surface area contributed by atoms with Crippen LogP contribution in [-0.4, -0.2) is 38.3 Å². The summed E-state index contributed by atoms with van der Waals surface area (Å²) in [7, 11) is 2.28. The number of guanidine groups is 1. The van der Waals surface area contributed by atoms with Crippen LogP contribution in [0.2, 0.25) is 5.02 Å². The summed E-state index contributed by atoms with van der Waals surface area (Å²) in [6.45, 7) is 1.33. The number of halogens is 1. The predicted molar refractivity (Wildman–Crippen MR) is 111 cm³/mol. The number of hydrogen-bond donors (Lipinski definition) is 3. The van der Waals surface area contributed by atoms with Gasteiger partial charge in [0.1, 0.15) is 11.5 Å². The SMILES string of the molecule is COC(=O)/N=C(\NC(=O)OC)Nc1ccc(Oc2ccc(Cl)cc2)cc1NC(C)=O. The van der Waals surface area contributed by atoms with Gasteiger partial charge in [0, 0.05) is 18.0 Å². The van der Waals surface area contributed by atoms with E-state index in [1.54, 1.807) is 42.5 Å². The minimum Gasteiger partial charge on any atom is -0.457 e. The fourth-order valence-corrected chi connectivity index (χ4v) is 2.25. The lowest BCUT2D eigenvalue weighted by molar-refractivity contribution is -0.114. The van der Waals surface area contributed by atoms with E-state index in [0.717, 1.165) is 14.2 Å². The Morgan fingerprint density at radius 2 is 1.57 bits per heavy atom. The number of anilines is 2. The summed E-state index contributed by atoms with van der Waals surface area (Å²) in [6.07, 6.45) is -1.83. The van der Waals surface area contributed by atoms with Gasteiger partial charge in [0.2, 0.25) is 11.9 Å². The predicted octanol–water partition coefficient (Wildman–Crippen LogP) is 3.98. The molecule has 3 N–H and O–H groups in total. The summed E-state index contributed by atoms with van der Waals surface area (Å²) in [5.41, 5.74) is 0.617. The summed E-state index contributed by atoms with van der Waals surface area (Å²) in [5, 5.41) is 8.17. The van der Waals surface area contributed by atoms with Gasteiger partial charge in [0.05, 0.1) is 25.6 Å². The van der Waals surface area contributed by atoms with Crippen LogP contribution in [0.5, 0.6) is 11.5 Å². The quantitative estimate of drug-likeness (QED) is 0.490. The number of rotatable bonds is 4. The molecule has 0 radical (unpaired) electrons. The topological polar surface area (TPSA) is 127 Å². The van der Waals surface area contributed by atoms with E-state index in [1.165, 1.54) is 6.92 Å². The smallest absolute Gasteiger partial charge is 0.436 e. The molecule has 2 rings (SSSR count). The molecular formula is C19H19ClN4O6. The molecular weight excluding hydrogens is 416 g/mol. The Morgan fingerprint density at radius 3 is 2.17 bits per heavy atom. The standard InChI is InChI=1S/C19H19ClN4O6/c1-11(25)21-16-10-14(30-13-6-4-12(20)5-7-13)8-9-15(16)22-17(23-18(26)28-2)24-19(27)29-3/h4-10H,1-3H3,(H,21,25)(H2,22,23,24,26,27). The normalized spacial score (nSPS) is 10.6. The van der Waals surface area contributed by atoms with E-state index < -0.39 is 12.2 Å². The minimum absolute atomic E-state index is 0.272. The fraction of sp³-hybridized carbons (Fsp3) is 0.158. The number of benzene rings is 2. The van der Waals surface area contributed by atoms with Gasteiger partial charge < -0.3 is 24.8 Å². The Kier molecular flexibility index (Phi) is 8.00. The molecule has 0 aliphatic carbocycles. The summed E-state index contributed by atoms with van der Waals surface area (Å²) in [5.74, 6) is 0.328. The van der Waals surface area contributed by atoms with E-state index in [4.69, 9.17) is 16.3 Å². The molecule has 0 aliphatic heterocycles. The lowest BCUT2D eigenvalue weighted by atomic mass is 10.2. The molecule has 0 aliphatic rings. The van der Waals surface area contributed by atoms with Gasteiger partial charge in [-0.3, -0.25) is 10.1 Å². The fourth-order valence-electron chi connectivity index (χ4n) is 2.13. The molecule has 10 nitrogen and oxygen atoms in total. The molecule has 0 atom stereocenters. The molecule has 0 heterocycles. The molecule has 3 amide bonds. The minimum atomic E-state index is -0.960. The lowest BCUT2D eigenvalue weighted by Crippen LogP contribution is -2.36. The Bertz CT molecular complexity index is 962. The second-order valence-electron chi connectivity index (χ2n) is 5.62. The van der Waals surface area contributed by atoms with Crippen LogP contribution in [0.3, 0.4) is 0 Å². The molecule has 30 heavy (non-hydrogen) atoms. The van der Waals surface area contributed by atoms with Crippen molar-refractivity contribution in [3.05, 3.63) is 47.5 Å². The Hall–Kier alpha value is -3.79. The van der Waals surface area contributed by atoms with Gasteiger partial charge in [0.15, 0.2) is 0 Å². The molecule has 0 unspecified atom stereocenters. The number of nitrogens with zero attached hydrogens (tertiary/aromatic N) is 1. The van der Waals surface area contributed by atoms with Crippen molar-refractivity contribution >= 4 is 47.0 Å². The highest BCUT2D eigenvalue weighted by Gasteiger charge is 2.13. The van der Waals surface area contributed by atoms with Crippen molar-refractivity contribution < 1.29 is 28.6 Å². The average molecular weight is 435 g/mol. The summed E-state index contributed by atoms with van der Waals surface area (Å²) in [6, 6.07) is 11.4. The zero-order valence-corrected chi connectivity index (χ0v) is 17.1. The molecule has 0 fully saturated rings. The van der Waals surface area contributed by atoms with Crippen LogP contribution < -0.4 is 20.7 Å². The van der Waals surface area contributed by atoms with Gasteiger partial charge in [-0.1, -0.05) is 11.6 Å². The number of carbonyl (C=O) groups is 3. The first-order valence-corrected chi connectivity index (χ1v) is 8.82. The maximum atomic E-state index is 11.6. The van der Waals surface area contributed by atoms with Crippen LogP contribution in [0.25, 0.3) is 0 Å². The van der Waals surface area contributed by atoms with Crippen molar-refractivity contribution in [3.8, 4) is 11.5 Å².